The number of ether oxygens (including phenoxy) is 1. The van der Waals surface area contributed by atoms with Gasteiger partial charge in [-0.1, -0.05) is 41.9 Å². The van der Waals surface area contributed by atoms with Crippen LogP contribution in [-0.4, -0.2) is 54.4 Å². The van der Waals surface area contributed by atoms with Crippen LogP contribution in [0.2, 0.25) is 5.02 Å². The number of carbonyl (C=O) groups is 2. The molecule has 0 saturated carbocycles. The minimum absolute atomic E-state index is 0.00569. The molecule has 29 heavy (non-hydrogen) atoms. The first-order chi connectivity index (χ1) is 14.0. The topological polar surface area (TPSA) is 61.9 Å². The fourth-order valence-corrected chi connectivity index (χ4v) is 3.37. The Morgan fingerprint density at radius 1 is 1.03 bits per heavy atom. The smallest absolute Gasteiger partial charge is 0.260 e. The van der Waals surface area contributed by atoms with Crippen molar-refractivity contribution in [2.45, 2.75) is 20.0 Å². The van der Waals surface area contributed by atoms with Crippen LogP contribution in [0.25, 0.3) is 0 Å². The number of nitrogens with one attached hydrogen (secondary N) is 1. The predicted octanol–water partition coefficient (Wildman–Crippen LogP) is 2.70. The summed E-state index contributed by atoms with van der Waals surface area (Å²) in [7, 11) is 0. The second-order valence-corrected chi connectivity index (χ2v) is 7.53. The highest BCUT2D eigenvalue weighted by molar-refractivity contribution is 6.30. The molecule has 0 aliphatic carbocycles. The van der Waals surface area contributed by atoms with Gasteiger partial charge in [-0.2, -0.15) is 0 Å². The number of hydrogen-bond acceptors (Lipinski definition) is 4. The minimum Gasteiger partial charge on any atom is -0.483 e. The molecule has 3 rings (SSSR count). The molecular formula is C22H26ClN3O3. The zero-order valence-electron chi connectivity index (χ0n) is 16.6. The van der Waals surface area contributed by atoms with Crippen molar-refractivity contribution in [3.63, 3.8) is 0 Å². The Kier molecular flexibility index (Phi) is 7.49. The van der Waals surface area contributed by atoms with Gasteiger partial charge in [0, 0.05) is 56.8 Å². The molecule has 6 nitrogen and oxygen atoms in total. The van der Waals surface area contributed by atoms with E-state index in [1.165, 1.54) is 12.5 Å². The highest BCUT2D eigenvalue weighted by Gasteiger charge is 2.21. The number of piperazine rings is 1. The van der Waals surface area contributed by atoms with Crippen LogP contribution in [0.15, 0.2) is 48.5 Å². The molecular weight excluding hydrogens is 390 g/mol. The summed E-state index contributed by atoms with van der Waals surface area (Å²) in [4.78, 5) is 27.9. The first-order valence-corrected chi connectivity index (χ1v) is 10.1. The van der Waals surface area contributed by atoms with Crippen LogP contribution in [0.1, 0.15) is 18.1 Å². The molecule has 1 saturated heterocycles. The molecule has 1 aliphatic heterocycles. The van der Waals surface area contributed by atoms with E-state index in [4.69, 9.17) is 16.3 Å². The third-order valence-corrected chi connectivity index (χ3v) is 5.15. The quantitative estimate of drug-likeness (QED) is 0.755. The maximum Gasteiger partial charge on any atom is 0.260 e. The van der Waals surface area contributed by atoms with Crippen LogP contribution in [0.3, 0.4) is 0 Å². The zero-order valence-corrected chi connectivity index (χ0v) is 17.3. The number of rotatable bonds is 7. The average Bonchev–Trinajstić information content (AvgIpc) is 2.73. The van der Waals surface area contributed by atoms with Crippen molar-refractivity contribution < 1.29 is 14.3 Å². The molecule has 1 heterocycles. The van der Waals surface area contributed by atoms with E-state index < -0.39 is 0 Å². The van der Waals surface area contributed by atoms with Crippen LogP contribution in [0, 0.1) is 0 Å². The second kappa shape index (κ2) is 10.3. The lowest BCUT2D eigenvalue weighted by atomic mass is 10.2. The molecule has 154 valence electrons. The van der Waals surface area contributed by atoms with E-state index in [1.807, 2.05) is 53.4 Å². The van der Waals surface area contributed by atoms with Gasteiger partial charge in [0.25, 0.3) is 5.91 Å². The van der Waals surface area contributed by atoms with E-state index in [0.717, 1.165) is 30.2 Å². The minimum atomic E-state index is -0.104. The van der Waals surface area contributed by atoms with Gasteiger partial charge in [0.15, 0.2) is 6.61 Å². The van der Waals surface area contributed by atoms with Crippen molar-refractivity contribution >= 4 is 23.4 Å². The molecule has 0 bridgehead atoms. The number of amides is 2. The summed E-state index contributed by atoms with van der Waals surface area (Å²) in [5.74, 6) is 0.494. The van der Waals surface area contributed by atoms with Gasteiger partial charge in [-0.3, -0.25) is 14.5 Å². The molecule has 2 aromatic rings. The van der Waals surface area contributed by atoms with E-state index in [9.17, 15) is 9.59 Å². The molecule has 0 spiro atoms. The summed E-state index contributed by atoms with van der Waals surface area (Å²) in [5, 5.41) is 3.49. The maximum atomic E-state index is 12.5. The van der Waals surface area contributed by atoms with Gasteiger partial charge in [0.2, 0.25) is 5.91 Å². The van der Waals surface area contributed by atoms with E-state index in [2.05, 4.69) is 10.2 Å². The number of nitrogens with zero attached hydrogens (tertiary/aromatic N) is 2. The Balaban J connectivity index is 1.45. The normalized spacial score (nSPS) is 14.5. The van der Waals surface area contributed by atoms with E-state index in [0.29, 0.717) is 25.4 Å². The van der Waals surface area contributed by atoms with Crippen LogP contribution < -0.4 is 10.1 Å². The Morgan fingerprint density at radius 2 is 1.72 bits per heavy atom. The summed E-state index contributed by atoms with van der Waals surface area (Å²) < 4.78 is 5.75. The summed E-state index contributed by atoms with van der Waals surface area (Å²) in [6.07, 6.45) is 0. The number of para-hydroxylation sites is 1. The van der Waals surface area contributed by atoms with E-state index >= 15 is 0 Å². The maximum absolute atomic E-state index is 12.5. The third-order valence-electron chi connectivity index (χ3n) is 4.90. The Labute approximate surface area is 176 Å². The van der Waals surface area contributed by atoms with E-state index in [1.54, 1.807) is 0 Å². The van der Waals surface area contributed by atoms with Crippen molar-refractivity contribution in [3.05, 3.63) is 64.7 Å². The van der Waals surface area contributed by atoms with Crippen molar-refractivity contribution in [2.24, 2.45) is 0 Å². The first kappa shape index (κ1) is 21.1. The standard InChI is InChI=1S/C22H26ClN3O3/c1-17(27)24-14-19-4-2-3-5-21(19)29-16-22(28)26-12-10-25(11-13-26)15-18-6-8-20(23)9-7-18/h2-9H,10-16H2,1H3,(H,24,27). The van der Waals surface area contributed by atoms with E-state index in [-0.39, 0.29) is 18.4 Å². The van der Waals surface area contributed by atoms with Crippen LogP contribution >= 0.6 is 11.6 Å². The first-order valence-electron chi connectivity index (χ1n) is 9.71. The monoisotopic (exact) mass is 415 g/mol. The number of carbonyl (C=O) groups excluding carboxylic acids is 2. The lowest BCUT2D eigenvalue weighted by Gasteiger charge is -2.34. The van der Waals surface area contributed by atoms with Crippen molar-refractivity contribution in [1.82, 2.24) is 15.1 Å². The lowest BCUT2D eigenvalue weighted by molar-refractivity contribution is -0.135. The van der Waals surface area contributed by atoms with Gasteiger partial charge < -0.3 is 15.0 Å². The molecule has 1 fully saturated rings. The predicted molar refractivity (Wildman–Crippen MR) is 113 cm³/mol. The van der Waals surface area contributed by atoms with Crippen LogP contribution in [0.5, 0.6) is 5.75 Å². The van der Waals surface area contributed by atoms with Crippen LogP contribution in [-0.2, 0) is 22.7 Å². The summed E-state index contributed by atoms with van der Waals surface area (Å²) in [5.41, 5.74) is 2.07. The van der Waals surface area contributed by atoms with Gasteiger partial charge in [-0.15, -0.1) is 0 Å². The van der Waals surface area contributed by atoms with Gasteiger partial charge in [0.1, 0.15) is 5.75 Å². The van der Waals surface area contributed by atoms with Crippen molar-refractivity contribution in [3.8, 4) is 5.75 Å². The van der Waals surface area contributed by atoms with Crippen molar-refractivity contribution in [2.75, 3.05) is 32.8 Å². The third kappa shape index (κ3) is 6.48. The Bertz CT molecular complexity index is 833. The van der Waals surface area contributed by atoms with Crippen LogP contribution in [0.4, 0.5) is 0 Å². The lowest BCUT2D eigenvalue weighted by Crippen LogP contribution is -2.49. The molecule has 0 unspecified atom stereocenters. The molecule has 1 aliphatic rings. The number of benzene rings is 2. The highest BCUT2D eigenvalue weighted by atomic mass is 35.5. The SMILES string of the molecule is CC(=O)NCc1ccccc1OCC(=O)N1CCN(Cc2ccc(Cl)cc2)CC1. The molecule has 2 aromatic carbocycles. The molecule has 7 heteroatoms. The largest absolute Gasteiger partial charge is 0.483 e. The molecule has 0 aromatic heterocycles. The van der Waals surface area contributed by atoms with Gasteiger partial charge in [-0.25, -0.2) is 0 Å². The van der Waals surface area contributed by atoms with Gasteiger partial charge >= 0.3 is 0 Å². The highest BCUT2D eigenvalue weighted by Crippen LogP contribution is 2.18. The zero-order chi connectivity index (χ0) is 20.6. The summed E-state index contributed by atoms with van der Waals surface area (Å²) in [6, 6.07) is 15.3. The Morgan fingerprint density at radius 3 is 2.41 bits per heavy atom. The second-order valence-electron chi connectivity index (χ2n) is 7.09. The van der Waals surface area contributed by atoms with Gasteiger partial charge in [0.05, 0.1) is 0 Å². The van der Waals surface area contributed by atoms with Crippen molar-refractivity contribution in [1.29, 1.82) is 0 Å². The number of halogens is 1. The average molecular weight is 416 g/mol. The summed E-state index contributed by atoms with van der Waals surface area (Å²) >= 11 is 5.94. The summed E-state index contributed by atoms with van der Waals surface area (Å²) in [6.45, 7) is 5.72. The van der Waals surface area contributed by atoms with Gasteiger partial charge in [-0.05, 0) is 23.8 Å². The Hall–Kier alpha value is -2.57. The number of hydrogen-bond donors (Lipinski definition) is 1. The molecule has 2 amide bonds. The fraction of sp³-hybridized carbons (Fsp3) is 0.364. The molecule has 1 N–H and O–H groups in total. The molecule has 0 radical (unpaired) electrons. The fourth-order valence-electron chi connectivity index (χ4n) is 3.24. The molecule has 0 atom stereocenters.